The maximum absolute atomic E-state index is 11.8. The normalized spacial score (nSPS) is 15.6. The van der Waals surface area contributed by atoms with Gasteiger partial charge in [-0.1, -0.05) is 24.3 Å². The van der Waals surface area contributed by atoms with Gasteiger partial charge < -0.3 is 10.1 Å². The first-order chi connectivity index (χ1) is 9.78. The average Bonchev–Trinajstić information content (AvgIpc) is 3.07. The summed E-state index contributed by atoms with van der Waals surface area (Å²) >= 11 is 1.77. The maximum Gasteiger partial charge on any atom is 0.257 e. The molecule has 0 bridgehead atoms. The van der Waals surface area contributed by atoms with E-state index in [9.17, 15) is 4.79 Å². The molecule has 4 heteroatoms. The summed E-state index contributed by atoms with van der Waals surface area (Å²) in [5.74, 6) is 0.665. The fourth-order valence-electron chi connectivity index (χ4n) is 2.23. The van der Waals surface area contributed by atoms with Gasteiger partial charge in [0, 0.05) is 16.8 Å². The lowest BCUT2D eigenvalue weighted by Crippen LogP contribution is -2.35. The summed E-state index contributed by atoms with van der Waals surface area (Å²) in [6.45, 7) is 0.787. The van der Waals surface area contributed by atoms with Crippen LogP contribution in [0.4, 0.5) is 0 Å². The van der Waals surface area contributed by atoms with Crippen LogP contribution in [0.15, 0.2) is 47.8 Å². The quantitative estimate of drug-likeness (QED) is 0.887. The Morgan fingerprint density at radius 2 is 2.00 bits per heavy atom. The highest BCUT2D eigenvalue weighted by Crippen LogP contribution is 2.49. The van der Waals surface area contributed by atoms with Gasteiger partial charge >= 0.3 is 0 Å². The fourth-order valence-corrected chi connectivity index (χ4v) is 3.21. The van der Waals surface area contributed by atoms with E-state index in [4.69, 9.17) is 4.74 Å². The number of nitrogens with one attached hydrogen (secondary N) is 1. The summed E-state index contributed by atoms with van der Waals surface area (Å²) < 4.78 is 5.43. The van der Waals surface area contributed by atoms with Gasteiger partial charge in [-0.3, -0.25) is 4.79 Å². The third kappa shape index (κ3) is 3.02. The number of amides is 1. The van der Waals surface area contributed by atoms with Crippen molar-refractivity contribution in [1.82, 2.24) is 5.32 Å². The molecule has 104 valence electrons. The highest BCUT2D eigenvalue weighted by Gasteiger charge is 2.45. The summed E-state index contributed by atoms with van der Waals surface area (Å²) in [5, 5.41) is 5.08. The van der Waals surface area contributed by atoms with Crippen molar-refractivity contribution in [3.63, 3.8) is 0 Å². The smallest absolute Gasteiger partial charge is 0.257 e. The Labute approximate surface area is 122 Å². The minimum Gasteiger partial charge on any atom is -0.484 e. The number of para-hydroxylation sites is 1. The van der Waals surface area contributed by atoms with E-state index in [2.05, 4.69) is 22.8 Å². The van der Waals surface area contributed by atoms with Gasteiger partial charge in [-0.15, -0.1) is 11.3 Å². The summed E-state index contributed by atoms with van der Waals surface area (Å²) in [6.07, 6.45) is 2.32. The van der Waals surface area contributed by atoms with Gasteiger partial charge in [0.05, 0.1) is 0 Å². The molecule has 1 aliphatic carbocycles. The second kappa shape index (κ2) is 5.67. The van der Waals surface area contributed by atoms with Crippen LogP contribution in [-0.2, 0) is 10.2 Å². The minimum absolute atomic E-state index is 0.0586. The summed E-state index contributed by atoms with van der Waals surface area (Å²) in [5.41, 5.74) is 0.191. The number of carbonyl (C=O) groups excluding carboxylic acids is 1. The molecule has 0 aliphatic heterocycles. The van der Waals surface area contributed by atoms with Crippen LogP contribution < -0.4 is 10.1 Å². The monoisotopic (exact) mass is 287 g/mol. The van der Waals surface area contributed by atoms with Crippen LogP contribution in [0.3, 0.4) is 0 Å². The number of benzene rings is 1. The Hall–Kier alpha value is -1.81. The fraction of sp³-hybridized carbons (Fsp3) is 0.312. The van der Waals surface area contributed by atoms with Gasteiger partial charge in [0.25, 0.3) is 5.91 Å². The highest BCUT2D eigenvalue weighted by atomic mass is 32.1. The first-order valence-corrected chi connectivity index (χ1v) is 7.65. The molecule has 0 saturated heterocycles. The molecule has 1 aromatic heterocycles. The molecule has 1 amide bonds. The number of ether oxygens (including phenoxy) is 1. The zero-order chi connectivity index (χ0) is 13.8. The van der Waals surface area contributed by atoms with Crippen molar-refractivity contribution in [3.05, 3.63) is 52.7 Å². The number of hydrogen-bond acceptors (Lipinski definition) is 3. The van der Waals surface area contributed by atoms with Crippen molar-refractivity contribution < 1.29 is 9.53 Å². The zero-order valence-corrected chi connectivity index (χ0v) is 12.0. The van der Waals surface area contributed by atoms with Crippen molar-refractivity contribution >= 4 is 17.2 Å². The average molecular weight is 287 g/mol. The van der Waals surface area contributed by atoms with E-state index in [-0.39, 0.29) is 17.9 Å². The predicted molar refractivity (Wildman–Crippen MR) is 80.2 cm³/mol. The molecule has 1 aliphatic rings. The van der Waals surface area contributed by atoms with Crippen LogP contribution in [0.25, 0.3) is 0 Å². The van der Waals surface area contributed by atoms with Crippen LogP contribution in [0, 0.1) is 0 Å². The van der Waals surface area contributed by atoms with Crippen LogP contribution in [0.1, 0.15) is 17.7 Å². The molecule has 1 aromatic carbocycles. The van der Waals surface area contributed by atoms with Gasteiger partial charge in [-0.2, -0.15) is 0 Å². The predicted octanol–water partition coefficient (Wildman–Crippen LogP) is 2.97. The van der Waals surface area contributed by atoms with Gasteiger partial charge in [-0.05, 0) is 36.4 Å². The molecule has 1 heterocycles. The molecule has 20 heavy (non-hydrogen) atoms. The van der Waals surface area contributed by atoms with E-state index >= 15 is 0 Å². The van der Waals surface area contributed by atoms with Crippen LogP contribution >= 0.6 is 11.3 Å². The van der Waals surface area contributed by atoms with Crippen LogP contribution in [0.5, 0.6) is 5.75 Å². The summed E-state index contributed by atoms with van der Waals surface area (Å²) in [7, 11) is 0. The SMILES string of the molecule is O=C(COc1ccccc1)NCC1(c2cccs2)CC1. The molecule has 0 atom stereocenters. The standard InChI is InChI=1S/C16H17NO2S/c18-15(11-19-13-5-2-1-3-6-13)17-12-16(8-9-16)14-7-4-10-20-14/h1-7,10H,8-9,11-12H2,(H,17,18). The molecule has 0 radical (unpaired) electrons. The Balaban J connectivity index is 1.46. The van der Waals surface area contributed by atoms with Crippen molar-refractivity contribution in [2.45, 2.75) is 18.3 Å². The Kier molecular flexibility index (Phi) is 3.74. The lowest BCUT2D eigenvalue weighted by molar-refractivity contribution is -0.123. The van der Waals surface area contributed by atoms with E-state index < -0.39 is 0 Å². The van der Waals surface area contributed by atoms with Crippen molar-refractivity contribution in [2.75, 3.05) is 13.2 Å². The van der Waals surface area contributed by atoms with E-state index in [0.29, 0.717) is 6.54 Å². The lowest BCUT2D eigenvalue weighted by atomic mass is 10.1. The second-order valence-corrected chi connectivity index (χ2v) is 6.08. The highest BCUT2D eigenvalue weighted by molar-refractivity contribution is 7.10. The van der Waals surface area contributed by atoms with Crippen molar-refractivity contribution in [1.29, 1.82) is 0 Å². The molecule has 1 fully saturated rings. The lowest BCUT2D eigenvalue weighted by Gasteiger charge is -2.14. The van der Waals surface area contributed by atoms with Gasteiger partial charge in [0.15, 0.2) is 6.61 Å². The maximum atomic E-state index is 11.8. The summed E-state index contributed by atoms with van der Waals surface area (Å²) in [4.78, 5) is 13.2. The first kappa shape index (κ1) is 13.2. The number of hydrogen-bond donors (Lipinski definition) is 1. The van der Waals surface area contributed by atoms with E-state index in [0.717, 1.165) is 18.6 Å². The molecule has 3 nitrogen and oxygen atoms in total. The third-order valence-corrected chi connectivity index (χ3v) is 4.75. The topological polar surface area (TPSA) is 38.3 Å². The Morgan fingerprint density at radius 1 is 1.20 bits per heavy atom. The minimum atomic E-state index is -0.0586. The molecular formula is C16H17NO2S. The van der Waals surface area contributed by atoms with E-state index in [1.807, 2.05) is 30.3 Å². The van der Waals surface area contributed by atoms with E-state index in [1.54, 1.807) is 11.3 Å². The van der Waals surface area contributed by atoms with Gasteiger partial charge in [0.2, 0.25) is 0 Å². The van der Waals surface area contributed by atoms with Crippen LogP contribution in [0.2, 0.25) is 0 Å². The molecule has 0 unspecified atom stereocenters. The zero-order valence-electron chi connectivity index (χ0n) is 11.2. The first-order valence-electron chi connectivity index (χ1n) is 6.77. The third-order valence-electron chi connectivity index (χ3n) is 3.63. The number of thiophene rings is 1. The van der Waals surface area contributed by atoms with E-state index in [1.165, 1.54) is 4.88 Å². The summed E-state index contributed by atoms with van der Waals surface area (Å²) in [6, 6.07) is 13.6. The van der Waals surface area contributed by atoms with Gasteiger partial charge in [0.1, 0.15) is 5.75 Å². The second-order valence-electron chi connectivity index (χ2n) is 5.14. The van der Waals surface area contributed by atoms with Gasteiger partial charge in [-0.25, -0.2) is 0 Å². The molecule has 0 spiro atoms. The number of rotatable bonds is 6. The van der Waals surface area contributed by atoms with Crippen molar-refractivity contribution in [2.24, 2.45) is 0 Å². The molecule has 3 rings (SSSR count). The number of carbonyl (C=O) groups is 1. The molecular weight excluding hydrogens is 270 g/mol. The molecule has 1 saturated carbocycles. The Morgan fingerprint density at radius 3 is 2.65 bits per heavy atom. The largest absolute Gasteiger partial charge is 0.484 e. The molecule has 2 aromatic rings. The van der Waals surface area contributed by atoms with Crippen molar-refractivity contribution in [3.8, 4) is 5.75 Å². The Bertz CT molecular complexity index is 561. The molecule has 1 N–H and O–H groups in total. The van der Waals surface area contributed by atoms with Crippen LogP contribution in [-0.4, -0.2) is 19.1 Å².